The van der Waals surface area contributed by atoms with Crippen molar-refractivity contribution in [3.63, 3.8) is 0 Å². The fourth-order valence-electron chi connectivity index (χ4n) is 4.35. The van der Waals surface area contributed by atoms with Crippen molar-refractivity contribution in [1.82, 2.24) is 0 Å². The second kappa shape index (κ2) is 6.34. The summed E-state index contributed by atoms with van der Waals surface area (Å²) in [6.45, 7) is 1.08. The lowest BCUT2D eigenvalue weighted by Gasteiger charge is -2.22. The van der Waals surface area contributed by atoms with E-state index in [-0.39, 0.29) is 0 Å². The molecule has 4 heteroatoms. The van der Waals surface area contributed by atoms with Crippen molar-refractivity contribution in [2.45, 2.75) is 32.1 Å². The third-order valence-corrected chi connectivity index (χ3v) is 5.67. The van der Waals surface area contributed by atoms with E-state index >= 15 is 0 Å². The zero-order valence-corrected chi connectivity index (χ0v) is 13.9. The molecule has 0 spiro atoms. The molecule has 3 atom stereocenters. The monoisotopic (exact) mass is 323 g/mol. The molecule has 4 rings (SSSR count). The molecule has 4 nitrogen and oxygen atoms in total. The van der Waals surface area contributed by atoms with Crippen molar-refractivity contribution in [3.8, 4) is 5.75 Å². The van der Waals surface area contributed by atoms with Gasteiger partial charge in [-0.3, -0.25) is 0 Å². The second-order valence-electron chi connectivity index (χ2n) is 7.34. The van der Waals surface area contributed by atoms with Crippen LogP contribution >= 0.6 is 0 Å². The number of nitrogens with one attached hydrogen (secondary N) is 2. The molecule has 24 heavy (non-hydrogen) atoms. The summed E-state index contributed by atoms with van der Waals surface area (Å²) in [4.78, 5) is 0. The number of fused-ring (bicyclic) bond motifs is 2. The van der Waals surface area contributed by atoms with Gasteiger partial charge in [-0.05, 0) is 61.3 Å². The highest BCUT2D eigenvalue weighted by molar-refractivity contribution is 5.98. The number of allylic oxidation sites excluding steroid dienone is 3. The van der Waals surface area contributed by atoms with Crippen LogP contribution in [0.4, 0.5) is 5.69 Å². The molecule has 0 amide bonds. The fourth-order valence-corrected chi connectivity index (χ4v) is 4.35. The van der Waals surface area contributed by atoms with Gasteiger partial charge in [-0.25, -0.2) is 0 Å². The third-order valence-electron chi connectivity index (χ3n) is 5.67. The van der Waals surface area contributed by atoms with Crippen LogP contribution in [0.1, 0.15) is 32.1 Å². The highest BCUT2D eigenvalue weighted by Gasteiger charge is 2.38. The molecular weight excluding hydrogens is 298 g/mol. The fraction of sp³-hybridized carbons (Fsp3) is 0.450. The van der Waals surface area contributed by atoms with Gasteiger partial charge >= 0.3 is 0 Å². The van der Waals surface area contributed by atoms with Crippen LogP contribution in [0, 0.1) is 23.2 Å². The van der Waals surface area contributed by atoms with E-state index in [0.717, 1.165) is 35.7 Å². The normalized spacial score (nSPS) is 28.5. The van der Waals surface area contributed by atoms with Crippen LogP contribution < -0.4 is 15.8 Å². The van der Waals surface area contributed by atoms with E-state index in [0.29, 0.717) is 23.6 Å². The Bertz CT molecular complexity index is 689. The Hall–Kier alpha value is -2.23. The first-order chi connectivity index (χ1) is 11.7. The Morgan fingerprint density at radius 3 is 2.71 bits per heavy atom. The van der Waals surface area contributed by atoms with Gasteiger partial charge in [0.2, 0.25) is 0 Å². The van der Waals surface area contributed by atoms with E-state index in [1.807, 2.05) is 18.2 Å². The molecule has 2 bridgehead atoms. The number of benzene rings is 1. The molecule has 2 saturated carbocycles. The molecular formula is C20H25N3O. The summed E-state index contributed by atoms with van der Waals surface area (Å²) in [6, 6.07) is 8.00. The van der Waals surface area contributed by atoms with Crippen molar-refractivity contribution < 1.29 is 4.74 Å². The summed E-state index contributed by atoms with van der Waals surface area (Å²) in [7, 11) is 0. The molecule has 3 aliphatic rings. The molecule has 1 aromatic carbocycles. The second-order valence-corrected chi connectivity index (χ2v) is 7.34. The van der Waals surface area contributed by atoms with Gasteiger partial charge in [-0.1, -0.05) is 12.5 Å². The molecule has 126 valence electrons. The Balaban J connectivity index is 1.33. The van der Waals surface area contributed by atoms with E-state index in [4.69, 9.17) is 15.9 Å². The maximum absolute atomic E-state index is 7.92. The maximum atomic E-state index is 7.92. The number of rotatable bonds is 5. The van der Waals surface area contributed by atoms with Crippen LogP contribution in [0.15, 0.2) is 47.9 Å². The van der Waals surface area contributed by atoms with Gasteiger partial charge < -0.3 is 21.2 Å². The van der Waals surface area contributed by atoms with Crippen LogP contribution in [0.2, 0.25) is 0 Å². The molecule has 0 saturated heterocycles. The van der Waals surface area contributed by atoms with E-state index in [9.17, 15) is 0 Å². The Morgan fingerprint density at radius 2 is 2.00 bits per heavy atom. The smallest absolute Gasteiger partial charge is 0.150 e. The van der Waals surface area contributed by atoms with E-state index in [2.05, 4.69) is 17.4 Å². The van der Waals surface area contributed by atoms with Crippen LogP contribution in [0.5, 0.6) is 5.75 Å². The van der Waals surface area contributed by atoms with Crippen LogP contribution in [0.3, 0.4) is 0 Å². The highest BCUT2D eigenvalue weighted by Crippen LogP contribution is 2.48. The predicted molar refractivity (Wildman–Crippen MR) is 97.2 cm³/mol. The molecule has 4 N–H and O–H groups in total. The minimum Gasteiger partial charge on any atom is -0.455 e. The maximum Gasteiger partial charge on any atom is 0.150 e. The Kier molecular flexibility index (Phi) is 4.05. The summed E-state index contributed by atoms with van der Waals surface area (Å²) in [5, 5.41) is 11.5. The molecule has 0 heterocycles. The van der Waals surface area contributed by atoms with Crippen molar-refractivity contribution in [2.75, 3.05) is 11.9 Å². The first-order valence-corrected chi connectivity index (χ1v) is 8.94. The van der Waals surface area contributed by atoms with E-state index in [1.54, 1.807) is 6.08 Å². The van der Waals surface area contributed by atoms with Crippen molar-refractivity contribution >= 4 is 11.4 Å². The van der Waals surface area contributed by atoms with Gasteiger partial charge in [0.05, 0.1) is 5.71 Å². The van der Waals surface area contributed by atoms with Crippen molar-refractivity contribution in [2.24, 2.45) is 23.5 Å². The topological polar surface area (TPSA) is 71.1 Å². The van der Waals surface area contributed by atoms with Gasteiger partial charge in [0, 0.05) is 30.4 Å². The van der Waals surface area contributed by atoms with Crippen LogP contribution in [-0.2, 0) is 0 Å². The molecule has 0 aromatic heterocycles. The predicted octanol–water partition coefficient (Wildman–Crippen LogP) is 4.06. The van der Waals surface area contributed by atoms with Crippen molar-refractivity contribution in [1.29, 1.82) is 5.41 Å². The Morgan fingerprint density at radius 1 is 1.17 bits per heavy atom. The summed E-state index contributed by atoms with van der Waals surface area (Å²) < 4.78 is 5.80. The zero-order valence-electron chi connectivity index (χ0n) is 13.9. The SMILES string of the molecule is N=C1CC=C(N)C=C1Oc1ccc(NC[C@@H]2CC3CCC2C3)cc1. The lowest BCUT2D eigenvalue weighted by Crippen LogP contribution is -2.20. The van der Waals surface area contributed by atoms with Gasteiger partial charge in [0.25, 0.3) is 0 Å². The molecule has 2 fully saturated rings. The molecule has 0 aliphatic heterocycles. The zero-order chi connectivity index (χ0) is 16.5. The highest BCUT2D eigenvalue weighted by atomic mass is 16.5. The van der Waals surface area contributed by atoms with Gasteiger partial charge in [-0.2, -0.15) is 0 Å². The van der Waals surface area contributed by atoms with Gasteiger partial charge in [0.15, 0.2) is 0 Å². The van der Waals surface area contributed by atoms with Gasteiger partial charge in [0.1, 0.15) is 11.5 Å². The molecule has 0 radical (unpaired) electrons. The van der Waals surface area contributed by atoms with Crippen molar-refractivity contribution in [3.05, 3.63) is 47.9 Å². The minimum absolute atomic E-state index is 0.461. The largest absolute Gasteiger partial charge is 0.455 e. The standard InChI is InChI=1S/C20H25N3O/c21-16-3-8-19(22)20(11-16)24-18-6-4-17(5-7-18)23-12-15-10-13-1-2-14(15)9-13/h3-7,11,13-15,22-23H,1-2,8-10,12,21H2/t13?,14?,15-/m0/s1. The number of hydrogen-bond donors (Lipinski definition) is 3. The average Bonchev–Trinajstić information content (AvgIpc) is 3.20. The first kappa shape index (κ1) is 15.3. The number of ether oxygens (including phenoxy) is 1. The summed E-state index contributed by atoms with van der Waals surface area (Å²) in [5.74, 6) is 4.08. The average molecular weight is 323 g/mol. The summed E-state index contributed by atoms with van der Waals surface area (Å²) in [5.41, 5.74) is 8.04. The number of hydrogen-bond acceptors (Lipinski definition) is 4. The molecule has 3 aliphatic carbocycles. The van der Waals surface area contributed by atoms with Crippen LogP contribution in [0.25, 0.3) is 0 Å². The Labute approximate surface area is 143 Å². The minimum atomic E-state index is 0.461. The summed E-state index contributed by atoms with van der Waals surface area (Å²) in [6.07, 6.45) is 9.83. The van der Waals surface area contributed by atoms with Crippen LogP contribution in [-0.4, -0.2) is 12.3 Å². The lowest BCUT2D eigenvalue weighted by atomic mass is 9.89. The molecule has 1 aromatic rings. The third kappa shape index (κ3) is 3.18. The summed E-state index contributed by atoms with van der Waals surface area (Å²) >= 11 is 0. The first-order valence-electron chi connectivity index (χ1n) is 8.94. The number of nitrogens with two attached hydrogens (primary N) is 1. The van der Waals surface area contributed by atoms with Gasteiger partial charge in [-0.15, -0.1) is 0 Å². The van der Waals surface area contributed by atoms with E-state index < -0.39 is 0 Å². The number of anilines is 1. The lowest BCUT2D eigenvalue weighted by molar-refractivity contribution is 0.348. The quantitative estimate of drug-likeness (QED) is 0.765. The van der Waals surface area contributed by atoms with E-state index in [1.165, 1.54) is 25.7 Å². The molecule has 2 unspecified atom stereocenters.